The Morgan fingerprint density at radius 3 is 2.46 bits per heavy atom. The number of aromatic hydroxyl groups is 1. The van der Waals surface area contributed by atoms with Gasteiger partial charge in [0, 0.05) is 25.8 Å². The molecule has 7 heteroatoms. The Kier molecular flexibility index (Phi) is 6.96. The van der Waals surface area contributed by atoms with Crippen LogP contribution < -0.4 is 10.3 Å². The fourth-order valence-corrected chi connectivity index (χ4v) is 2.90. The Labute approximate surface area is 163 Å². The maximum atomic E-state index is 13.0. The summed E-state index contributed by atoms with van der Waals surface area (Å²) in [5.74, 6) is -0.289. The van der Waals surface area contributed by atoms with Crippen molar-refractivity contribution >= 4 is 5.78 Å². The Hall–Kier alpha value is -3.11. The van der Waals surface area contributed by atoms with E-state index in [1.54, 1.807) is 24.3 Å². The lowest BCUT2D eigenvalue weighted by molar-refractivity contribution is 0.103. The van der Waals surface area contributed by atoms with Gasteiger partial charge in [-0.25, -0.2) is 0 Å². The van der Waals surface area contributed by atoms with Crippen LogP contribution in [0.1, 0.15) is 47.3 Å². The summed E-state index contributed by atoms with van der Waals surface area (Å²) in [6.45, 7) is 5.80. The highest BCUT2D eigenvalue weighted by Gasteiger charge is 2.24. The third kappa shape index (κ3) is 4.41. The minimum absolute atomic E-state index is 0.00156. The Balaban J connectivity index is 2.51. The fraction of sp³-hybridized carbons (Fsp3) is 0.381. The summed E-state index contributed by atoms with van der Waals surface area (Å²) in [5, 5.41) is 20.0. The fourth-order valence-electron chi connectivity index (χ4n) is 2.90. The number of nitrogens with zero attached hydrogens (tertiary/aromatic N) is 2. The number of carbonyl (C=O) groups is 1. The highest BCUT2D eigenvalue weighted by Crippen LogP contribution is 2.26. The molecule has 0 atom stereocenters. The number of pyridine rings is 1. The van der Waals surface area contributed by atoms with E-state index in [4.69, 9.17) is 9.47 Å². The van der Waals surface area contributed by atoms with Gasteiger partial charge in [0.25, 0.3) is 5.56 Å². The summed E-state index contributed by atoms with van der Waals surface area (Å²) in [4.78, 5) is 25.5. The van der Waals surface area contributed by atoms with Crippen LogP contribution in [0.25, 0.3) is 0 Å². The van der Waals surface area contributed by atoms with Gasteiger partial charge in [-0.2, -0.15) is 5.26 Å². The average molecular weight is 384 g/mol. The molecular formula is C21H24N2O5. The molecule has 1 N–H and O–H groups in total. The quantitative estimate of drug-likeness (QED) is 0.555. The lowest BCUT2D eigenvalue weighted by atomic mass is 9.97. The van der Waals surface area contributed by atoms with Gasteiger partial charge in [-0.1, -0.05) is 0 Å². The number of carbonyl (C=O) groups excluding carboxylic acids is 1. The van der Waals surface area contributed by atoms with Crippen molar-refractivity contribution in [3.63, 3.8) is 0 Å². The molecule has 1 aromatic heterocycles. The van der Waals surface area contributed by atoms with Gasteiger partial charge in [0.15, 0.2) is 5.78 Å². The third-order valence-corrected chi connectivity index (χ3v) is 4.25. The van der Waals surface area contributed by atoms with Crippen molar-refractivity contribution in [2.24, 2.45) is 0 Å². The van der Waals surface area contributed by atoms with Gasteiger partial charge in [-0.15, -0.1) is 0 Å². The van der Waals surface area contributed by atoms with Gasteiger partial charge >= 0.3 is 0 Å². The number of methoxy groups -OCH3 is 1. The van der Waals surface area contributed by atoms with Crippen molar-refractivity contribution in [3.05, 3.63) is 56.9 Å². The molecule has 1 aromatic carbocycles. The Morgan fingerprint density at radius 2 is 1.93 bits per heavy atom. The molecule has 2 aromatic rings. The molecule has 0 bridgehead atoms. The van der Waals surface area contributed by atoms with Gasteiger partial charge in [-0.05, 0) is 57.0 Å². The van der Waals surface area contributed by atoms with Crippen molar-refractivity contribution in [2.75, 3.05) is 13.7 Å². The second kappa shape index (κ2) is 9.20. The largest absolute Gasteiger partial charge is 0.494 e. The SMILES string of the molecule is COCCCn1c(O)c(C(=O)c2ccc(OC(C)C)cc2)c(C)c(C#N)c1=O. The number of hydrogen-bond donors (Lipinski definition) is 1. The predicted octanol–water partition coefficient (Wildman–Crippen LogP) is 2.79. The number of hydrogen-bond acceptors (Lipinski definition) is 6. The molecule has 0 aliphatic heterocycles. The first-order valence-corrected chi connectivity index (χ1v) is 8.98. The van der Waals surface area contributed by atoms with E-state index in [1.165, 1.54) is 14.0 Å². The molecule has 0 amide bonds. The second-order valence-electron chi connectivity index (χ2n) is 6.63. The lowest BCUT2D eigenvalue weighted by Gasteiger charge is -2.16. The van der Waals surface area contributed by atoms with Crippen LogP contribution in [0.3, 0.4) is 0 Å². The van der Waals surface area contributed by atoms with Gasteiger partial charge in [0.1, 0.15) is 17.4 Å². The zero-order valence-corrected chi connectivity index (χ0v) is 16.5. The molecule has 0 fully saturated rings. The van der Waals surface area contributed by atoms with Crippen LogP contribution >= 0.6 is 0 Å². The minimum Gasteiger partial charge on any atom is -0.494 e. The van der Waals surface area contributed by atoms with E-state index in [-0.39, 0.29) is 29.3 Å². The molecule has 0 saturated carbocycles. The molecule has 0 aliphatic rings. The molecule has 7 nitrogen and oxygen atoms in total. The van der Waals surface area contributed by atoms with E-state index < -0.39 is 17.2 Å². The molecule has 0 saturated heterocycles. The molecule has 0 aliphatic carbocycles. The summed E-state index contributed by atoms with van der Waals surface area (Å²) >= 11 is 0. The number of ether oxygens (including phenoxy) is 2. The van der Waals surface area contributed by atoms with E-state index in [9.17, 15) is 20.0 Å². The number of rotatable bonds is 8. The zero-order chi connectivity index (χ0) is 20.8. The summed E-state index contributed by atoms with van der Waals surface area (Å²) in [6.07, 6.45) is 0.453. The first kappa shape index (κ1) is 21.2. The van der Waals surface area contributed by atoms with E-state index in [1.807, 2.05) is 19.9 Å². The molecule has 1 heterocycles. The first-order valence-electron chi connectivity index (χ1n) is 8.98. The smallest absolute Gasteiger partial charge is 0.271 e. The monoisotopic (exact) mass is 384 g/mol. The topological polar surface area (TPSA) is 102 Å². The maximum absolute atomic E-state index is 13.0. The van der Waals surface area contributed by atoms with Crippen LogP contribution in [-0.2, 0) is 11.3 Å². The third-order valence-electron chi connectivity index (χ3n) is 4.25. The van der Waals surface area contributed by atoms with E-state index >= 15 is 0 Å². The second-order valence-corrected chi connectivity index (χ2v) is 6.63. The van der Waals surface area contributed by atoms with Gasteiger partial charge < -0.3 is 14.6 Å². The molecular weight excluding hydrogens is 360 g/mol. The minimum atomic E-state index is -0.620. The summed E-state index contributed by atoms with van der Waals surface area (Å²) < 4.78 is 11.6. The predicted molar refractivity (Wildman–Crippen MR) is 104 cm³/mol. The van der Waals surface area contributed by atoms with Gasteiger partial charge in [0.2, 0.25) is 5.88 Å². The van der Waals surface area contributed by atoms with Crippen LogP contribution in [-0.4, -0.2) is 35.3 Å². The number of nitriles is 1. The van der Waals surface area contributed by atoms with Crippen LogP contribution in [0.2, 0.25) is 0 Å². The van der Waals surface area contributed by atoms with Crippen LogP contribution in [0.15, 0.2) is 29.1 Å². The summed E-state index contributed by atoms with van der Waals surface area (Å²) in [5.41, 5.74) is -0.337. The van der Waals surface area contributed by atoms with Crippen molar-refractivity contribution in [1.29, 1.82) is 5.26 Å². The van der Waals surface area contributed by atoms with E-state index in [2.05, 4.69) is 0 Å². The molecule has 2 rings (SSSR count). The molecule has 0 unspecified atom stereocenters. The van der Waals surface area contributed by atoms with Gasteiger partial charge in [-0.3, -0.25) is 14.2 Å². The zero-order valence-electron chi connectivity index (χ0n) is 16.5. The standard InChI is InChI=1S/C21H24N2O5/c1-13(2)28-16-8-6-15(7-9-16)19(24)18-14(3)17(12-22)20(25)23(21(18)26)10-5-11-27-4/h6-9,13,26H,5,10-11H2,1-4H3. The highest BCUT2D eigenvalue weighted by atomic mass is 16.5. The van der Waals surface area contributed by atoms with E-state index in [0.717, 1.165) is 4.57 Å². The molecule has 0 spiro atoms. The number of ketones is 1. The Bertz CT molecular complexity index is 953. The summed E-state index contributed by atoms with van der Waals surface area (Å²) in [7, 11) is 1.53. The van der Waals surface area contributed by atoms with Crippen LogP contribution in [0.4, 0.5) is 0 Å². The van der Waals surface area contributed by atoms with Gasteiger partial charge in [0.05, 0.1) is 11.7 Å². The van der Waals surface area contributed by atoms with Crippen LogP contribution in [0, 0.1) is 18.3 Å². The normalized spacial score (nSPS) is 10.7. The van der Waals surface area contributed by atoms with Crippen LogP contribution in [0.5, 0.6) is 11.6 Å². The average Bonchev–Trinajstić information content (AvgIpc) is 2.65. The summed E-state index contributed by atoms with van der Waals surface area (Å²) in [6, 6.07) is 8.36. The number of aromatic nitrogens is 1. The van der Waals surface area contributed by atoms with Crippen molar-refractivity contribution in [1.82, 2.24) is 4.57 Å². The lowest BCUT2D eigenvalue weighted by Crippen LogP contribution is -2.27. The van der Waals surface area contributed by atoms with E-state index in [0.29, 0.717) is 24.3 Å². The number of benzene rings is 1. The molecule has 0 radical (unpaired) electrons. The molecule has 148 valence electrons. The first-order chi connectivity index (χ1) is 13.3. The molecule has 28 heavy (non-hydrogen) atoms. The maximum Gasteiger partial charge on any atom is 0.271 e. The highest BCUT2D eigenvalue weighted by molar-refractivity contribution is 6.11. The van der Waals surface area contributed by atoms with Crippen molar-refractivity contribution in [3.8, 4) is 17.7 Å². The van der Waals surface area contributed by atoms with Crippen molar-refractivity contribution in [2.45, 2.75) is 39.8 Å². The Morgan fingerprint density at radius 1 is 1.29 bits per heavy atom. The van der Waals surface area contributed by atoms with Crippen molar-refractivity contribution < 1.29 is 19.4 Å².